The van der Waals surface area contributed by atoms with Gasteiger partial charge >= 0.3 is 12.1 Å². The maximum absolute atomic E-state index is 13.3. The van der Waals surface area contributed by atoms with Crippen molar-refractivity contribution in [1.82, 2.24) is 0 Å². The van der Waals surface area contributed by atoms with Gasteiger partial charge in [-0.05, 0) is 48.4 Å². The van der Waals surface area contributed by atoms with Crippen molar-refractivity contribution in [3.05, 3.63) is 69.6 Å². The molecule has 0 amide bonds. The van der Waals surface area contributed by atoms with Gasteiger partial charge in [0.05, 0.1) is 33.2 Å². The lowest BCUT2D eigenvalue weighted by Gasteiger charge is -2.17. The van der Waals surface area contributed by atoms with Gasteiger partial charge < -0.3 is 4.74 Å². The molecule has 0 saturated carbocycles. The third kappa shape index (κ3) is 5.08. The number of anilines is 1. The molecule has 0 bridgehead atoms. The number of thiophene rings is 1. The number of carbonyl (C=O) groups excluding carboxylic acids is 1. The predicted octanol–water partition coefficient (Wildman–Crippen LogP) is 6.24. The Morgan fingerprint density at radius 3 is 2.41 bits per heavy atom. The van der Waals surface area contributed by atoms with E-state index in [4.69, 9.17) is 11.6 Å². The number of alkyl halides is 3. The van der Waals surface area contributed by atoms with Crippen LogP contribution in [0.2, 0.25) is 4.34 Å². The van der Waals surface area contributed by atoms with E-state index in [0.717, 1.165) is 36.6 Å². The van der Waals surface area contributed by atoms with Crippen molar-refractivity contribution in [3.8, 4) is 10.4 Å². The van der Waals surface area contributed by atoms with Crippen LogP contribution >= 0.6 is 22.9 Å². The first-order valence-electron chi connectivity index (χ1n) is 9.17. The molecular weight excluding hydrogens is 487 g/mol. The third-order valence-electron chi connectivity index (χ3n) is 4.59. The van der Waals surface area contributed by atoms with Crippen molar-refractivity contribution in [2.24, 2.45) is 0 Å². The fourth-order valence-corrected chi connectivity index (χ4v) is 5.51. The predicted molar refractivity (Wildman–Crippen MR) is 118 cm³/mol. The van der Waals surface area contributed by atoms with Gasteiger partial charge in [0.1, 0.15) is 0 Å². The average molecular weight is 504 g/mol. The SMILES string of the molecule is CCc1ccc(C(=O)OC)cc1S(=O)(=O)Nc1cc(C(F)(F)F)ccc1-c1ccc(Cl)s1. The Morgan fingerprint density at radius 1 is 1.12 bits per heavy atom. The average Bonchev–Trinajstić information content (AvgIpc) is 3.17. The lowest BCUT2D eigenvalue weighted by atomic mass is 10.1. The van der Waals surface area contributed by atoms with E-state index >= 15 is 0 Å². The quantitative estimate of drug-likeness (QED) is 0.404. The highest BCUT2D eigenvalue weighted by atomic mass is 35.5. The van der Waals surface area contributed by atoms with Gasteiger partial charge in [-0.2, -0.15) is 13.2 Å². The molecule has 11 heteroatoms. The van der Waals surface area contributed by atoms with Crippen LogP contribution in [0.1, 0.15) is 28.4 Å². The van der Waals surface area contributed by atoms with Crippen LogP contribution in [0.5, 0.6) is 0 Å². The van der Waals surface area contributed by atoms with Crippen molar-refractivity contribution in [2.75, 3.05) is 11.8 Å². The summed E-state index contributed by atoms with van der Waals surface area (Å²) in [6, 6.07) is 9.97. The smallest absolute Gasteiger partial charge is 0.416 e. The standard InChI is InChI=1S/C21H17ClF3NO4S2/c1-3-12-4-5-13(20(27)30-2)10-18(12)32(28,29)26-16-11-14(21(23,24)25)6-7-15(16)17-8-9-19(22)31-17/h4-11,26H,3H2,1-2H3. The van der Waals surface area contributed by atoms with Gasteiger partial charge in [-0.25, -0.2) is 13.2 Å². The van der Waals surface area contributed by atoms with Crippen molar-refractivity contribution in [3.63, 3.8) is 0 Å². The normalized spacial score (nSPS) is 11.9. The zero-order chi connectivity index (χ0) is 23.7. The van der Waals surface area contributed by atoms with Crippen molar-refractivity contribution in [2.45, 2.75) is 24.4 Å². The number of methoxy groups -OCH3 is 1. The number of hydrogen-bond donors (Lipinski definition) is 1. The first-order chi connectivity index (χ1) is 15.0. The number of halogens is 4. The summed E-state index contributed by atoms with van der Waals surface area (Å²) in [5.41, 5.74) is -0.651. The molecule has 5 nitrogen and oxygen atoms in total. The van der Waals surface area contributed by atoms with E-state index in [9.17, 15) is 26.4 Å². The van der Waals surface area contributed by atoms with E-state index < -0.39 is 27.7 Å². The molecule has 170 valence electrons. The van der Waals surface area contributed by atoms with Gasteiger partial charge in [0.2, 0.25) is 0 Å². The number of carbonyl (C=O) groups is 1. The number of rotatable bonds is 6. The van der Waals surface area contributed by atoms with Crippen molar-refractivity contribution in [1.29, 1.82) is 0 Å². The van der Waals surface area contributed by atoms with Gasteiger partial charge in [0, 0.05) is 10.4 Å². The summed E-state index contributed by atoms with van der Waals surface area (Å²) in [6.07, 6.45) is -4.36. The largest absolute Gasteiger partial charge is 0.465 e. The second kappa shape index (κ2) is 9.13. The summed E-state index contributed by atoms with van der Waals surface area (Å²) in [4.78, 5) is 12.1. The van der Waals surface area contributed by atoms with E-state index in [2.05, 4.69) is 9.46 Å². The molecule has 0 fully saturated rings. The molecular formula is C21H17ClF3NO4S2. The maximum atomic E-state index is 13.3. The van der Waals surface area contributed by atoms with Crippen LogP contribution in [0.4, 0.5) is 18.9 Å². The van der Waals surface area contributed by atoms with Crippen LogP contribution in [0, 0.1) is 0 Å². The first kappa shape index (κ1) is 24.1. The summed E-state index contributed by atoms with van der Waals surface area (Å²) in [7, 11) is -3.20. The number of ether oxygens (including phenoxy) is 1. The van der Waals surface area contributed by atoms with Crippen LogP contribution in [0.3, 0.4) is 0 Å². The molecule has 0 unspecified atom stereocenters. The van der Waals surface area contributed by atoms with E-state index in [-0.39, 0.29) is 21.7 Å². The monoisotopic (exact) mass is 503 g/mol. The second-order valence-corrected chi connectivity index (χ2v) is 10.0. The van der Waals surface area contributed by atoms with Gasteiger partial charge in [-0.1, -0.05) is 30.7 Å². The number of nitrogens with one attached hydrogen (secondary N) is 1. The maximum Gasteiger partial charge on any atom is 0.416 e. The highest BCUT2D eigenvalue weighted by molar-refractivity contribution is 7.92. The Bertz CT molecular complexity index is 1270. The van der Waals surface area contributed by atoms with Crippen molar-refractivity contribution >= 4 is 44.6 Å². The van der Waals surface area contributed by atoms with Crippen LogP contribution in [-0.4, -0.2) is 21.5 Å². The molecule has 3 aromatic rings. The van der Waals surface area contributed by atoms with Gasteiger partial charge in [0.25, 0.3) is 10.0 Å². The molecule has 0 spiro atoms. The molecule has 0 radical (unpaired) electrons. The molecule has 0 saturated heterocycles. The topological polar surface area (TPSA) is 72.5 Å². The number of sulfonamides is 1. The molecule has 0 aliphatic heterocycles. The Hall–Kier alpha value is -2.56. The van der Waals surface area contributed by atoms with Gasteiger partial charge in [-0.15, -0.1) is 11.3 Å². The second-order valence-electron chi connectivity index (χ2n) is 6.64. The summed E-state index contributed by atoms with van der Waals surface area (Å²) < 4.78 is 73.7. The van der Waals surface area contributed by atoms with E-state index in [0.29, 0.717) is 21.2 Å². The van der Waals surface area contributed by atoms with Gasteiger partial charge in [0.15, 0.2) is 0 Å². The Morgan fingerprint density at radius 2 is 1.84 bits per heavy atom. The molecule has 2 aromatic carbocycles. The van der Waals surface area contributed by atoms with Crippen LogP contribution in [0.25, 0.3) is 10.4 Å². The minimum absolute atomic E-state index is 0.000575. The molecule has 0 aliphatic carbocycles. The lowest BCUT2D eigenvalue weighted by Crippen LogP contribution is -2.17. The van der Waals surface area contributed by atoms with Crippen LogP contribution in [-0.2, 0) is 27.4 Å². The minimum Gasteiger partial charge on any atom is -0.465 e. The van der Waals surface area contributed by atoms with E-state index in [1.807, 2.05) is 0 Å². The molecule has 1 heterocycles. The fourth-order valence-electron chi connectivity index (χ4n) is 3.02. The fraction of sp³-hybridized carbons (Fsp3) is 0.190. The van der Waals surface area contributed by atoms with Crippen LogP contribution < -0.4 is 4.72 Å². The highest BCUT2D eigenvalue weighted by Gasteiger charge is 2.32. The molecule has 1 aromatic heterocycles. The van der Waals surface area contributed by atoms with E-state index in [1.54, 1.807) is 19.1 Å². The Labute approximate surface area is 191 Å². The van der Waals surface area contributed by atoms with Crippen molar-refractivity contribution < 1.29 is 31.1 Å². The highest BCUT2D eigenvalue weighted by Crippen LogP contribution is 2.40. The molecule has 0 atom stereocenters. The Kier molecular flexibility index (Phi) is 6.87. The molecule has 32 heavy (non-hydrogen) atoms. The number of esters is 1. The zero-order valence-corrected chi connectivity index (χ0v) is 19.2. The van der Waals surface area contributed by atoms with Gasteiger partial charge in [-0.3, -0.25) is 4.72 Å². The van der Waals surface area contributed by atoms with Crippen LogP contribution in [0.15, 0.2) is 53.4 Å². The molecule has 3 rings (SSSR count). The molecule has 0 aliphatic rings. The summed E-state index contributed by atoms with van der Waals surface area (Å²) in [5.74, 6) is -0.739. The number of aryl methyl sites for hydroxylation is 1. The third-order valence-corrected chi connectivity index (χ3v) is 7.30. The summed E-state index contributed by atoms with van der Waals surface area (Å²) >= 11 is 7.05. The summed E-state index contributed by atoms with van der Waals surface area (Å²) in [5, 5.41) is 0. The molecule has 1 N–H and O–H groups in total. The zero-order valence-electron chi connectivity index (χ0n) is 16.8. The number of hydrogen-bond acceptors (Lipinski definition) is 5. The Balaban J connectivity index is 2.15. The number of benzene rings is 2. The first-order valence-corrected chi connectivity index (χ1v) is 11.8. The summed E-state index contributed by atoms with van der Waals surface area (Å²) in [6.45, 7) is 1.72. The van der Waals surface area contributed by atoms with E-state index in [1.165, 1.54) is 18.2 Å². The minimum atomic E-state index is -4.68. The lowest BCUT2D eigenvalue weighted by molar-refractivity contribution is -0.137.